The number of aromatic nitrogens is 2. The van der Waals surface area contributed by atoms with E-state index in [1.807, 2.05) is 0 Å². The van der Waals surface area contributed by atoms with Crippen molar-refractivity contribution in [3.05, 3.63) is 24.0 Å². The monoisotopic (exact) mass is 219 g/mol. The number of carboxylic acids is 1. The second kappa shape index (κ2) is 3.65. The number of aromatic carboxylic acids is 1. The lowest BCUT2D eigenvalue weighted by Crippen LogP contribution is -2.07. The number of nitrogens with two attached hydrogens (primary N) is 1. The first-order valence-electron chi connectivity index (χ1n) is 4.46. The van der Waals surface area contributed by atoms with Crippen molar-refractivity contribution < 1.29 is 14.6 Å². The van der Waals surface area contributed by atoms with E-state index in [0.717, 1.165) is 0 Å². The molecule has 0 amide bonds. The Kier molecular flexibility index (Phi) is 2.32. The summed E-state index contributed by atoms with van der Waals surface area (Å²) in [6.07, 6.45) is 0. The summed E-state index contributed by atoms with van der Waals surface area (Å²) in [6, 6.07) is 4.98. The number of hydrogen-bond donors (Lipinski definition) is 2. The van der Waals surface area contributed by atoms with Crippen molar-refractivity contribution in [2.24, 2.45) is 0 Å². The minimum atomic E-state index is -1.20. The summed E-state index contributed by atoms with van der Waals surface area (Å²) in [5, 5.41) is 9.34. The van der Waals surface area contributed by atoms with Crippen LogP contribution in [0.3, 0.4) is 0 Å². The van der Waals surface area contributed by atoms with E-state index in [-0.39, 0.29) is 11.6 Å². The Bertz CT molecular complexity index is 568. The Morgan fingerprint density at radius 1 is 1.44 bits per heavy atom. The van der Waals surface area contributed by atoms with Crippen LogP contribution in [0, 0.1) is 0 Å². The second-order valence-electron chi connectivity index (χ2n) is 3.12. The van der Waals surface area contributed by atoms with Crippen LogP contribution in [-0.2, 0) is 0 Å². The van der Waals surface area contributed by atoms with E-state index in [0.29, 0.717) is 16.7 Å². The molecule has 0 bridgehead atoms. The van der Waals surface area contributed by atoms with Crippen molar-refractivity contribution in [2.45, 2.75) is 0 Å². The van der Waals surface area contributed by atoms with Crippen LogP contribution in [0.1, 0.15) is 10.6 Å². The Morgan fingerprint density at radius 3 is 2.81 bits per heavy atom. The van der Waals surface area contributed by atoms with Crippen LogP contribution in [0.15, 0.2) is 18.2 Å². The molecule has 6 heteroatoms. The molecule has 82 valence electrons. The molecule has 2 aromatic rings. The molecule has 0 aliphatic heterocycles. The van der Waals surface area contributed by atoms with Gasteiger partial charge in [-0.2, -0.15) is 0 Å². The summed E-state index contributed by atoms with van der Waals surface area (Å²) in [5.41, 5.74) is 6.13. The lowest BCUT2D eigenvalue weighted by atomic mass is 10.2. The van der Waals surface area contributed by atoms with Crippen LogP contribution in [0.25, 0.3) is 10.9 Å². The van der Waals surface area contributed by atoms with Gasteiger partial charge in [0.15, 0.2) is 0 Å². The number of nitrogens with zero attached hydrogens (tertiary/aromatic N) is 2. The van der Waals surface area contributed by atoms with Gasteiger partial charge in [-0.25, -0.2) is 14.8 Å². The number of ether oxygens (including phenoxy) is 1. The third-order valence-corrected chi connectivity index (χ3v) is 2.12. The number of methoxy groups -OCH3 is 1. The predicted molar refractivity (Wildman–Crippen MR) is 57.5 cm³/mol. The van der Waals surface area contributed by atoms with E-state index in [9.17, 15) is 4.79 Å². The Hall–Kier alpha value is -2.37. The van der Waals surface area contributed by atoms with Gasteiger partial charge in [0.25, 0.3) is 0 Å². The van der Waals surface area contributed by atoms with Crippen LogP contribution in [0.2, 0.25) is 0 Å². The zero-order valence-electron chi connectivity index (χ0n) is 8.47. The molecule has 1 aromatic heterocycles. The van der Waals surface area contributed by atoms with Gasteiger partial charge in [-0.3, -0.25) is 0 Å². The highest BCUT2D eigenvalue weighted by molar-refractivity contribution is 5.93. The lowest BCUT2D eigenvalue weighted by molar-refractivity contribution is 0.0684. The highest BCUT2D eigenvalue weighted by atomic mass is 16.5. The first kappa shape index (κ1) is 10.2. The molecule has 0 aliphatic rings. The Balaban J connectivity index is 2.71. The van der Waals surface area contributed by atoms with Crippen LogP contribution in [0.4, 0.5) is 5.82 Å². The maximum absolute atomic E-state index is 10.7. The number of anilines is 1. The molecular weight excluding hydrogens is 210 g/mol. The molecule has 1 aromatic carbocycles. The zero-order valence-corrected chi connectivity index (χ0v) is 8.47. The lowest BCUT2D eigenvalue weighted by Gasteiger charge is -2.04. The molecule has 16 heavy (non-hydrogen) atoms. The van der Waals surface area contributed by atoms with Crippen LogP contribution < -0.4 is 10.5 Å². The Morgan fingerprint density at radius 2 is 2.19 bits per heavy atom. The molecule has 0 fully saturated rings. The number of carbonyl (C=O) groups is 1. The van der Waals surface area contributed by atoms with Gasteiger partial charge in [-0.1, -0.05) is 0 Å². The molecule has 1 heterocycles. The number of carboxylic acid groups (broad SMARTS) is 1. The average molecular weight is 219 g/mol. The fraction of sp³-hybridized carbons (Fsp3) is 0.100. The van der Waals surface area contributed by atoms with E-state index < -0.39 is 5.97 Å². The molecule has 0 saturated heterocycles. The largest absolute Gasteiger partial charge is 0.497 e. The number of hydrogen-bond acceptors (Lipinski definition) is 5. The van der Waals surface area contributed by atoms with Crippen molar-refractivity contribution >= 4 is 22.7 Å². The molecule has 0 aliphatic carbocycles. The molecule has 0 atom stereocenters. The summed E-state index contributed by atoms with van der Waals surface area (Å²) in [7, 11) is 1.53. The first-order chi connectivity index (χ1) is 7.61. The maximum Gasteiger partial charge on any atom is 0.374 e. The molecular formula is C10H9N3O3. The Labute approximate surface area is 90.7 Å². The SMILES string of the molecule is COc1ccc2nc(C(=O)O)nc(N)c2c1. The topological polar surface area (TPSA) is 98.3 Å². The normalized spacial score (nSPS) is 10.3. The highest BCUT2D eigenvalue weighted by Gasteiger charge is 2.11. The van der Waals surface area contributed by atoms with Crippen molar-refractivity contribution in [1.82, 2.24) is 9.97 Å². The summed E-state index contributed by atoms with van der Waals surface area (Å²) in [6.45, 7) is 0. The number of benzene rings is 1. The van der Waals surface area contributed by atoms with Gasteiger partial charge in [-0.05, 0) is 18.2 Å². The molecule has 0 spiro atoms. The van der Waals surface area contributed by atoms with Gasteiger partial charge in [0, 0.05) is 5.39 Å². The van der Waals surface area contributed by atoms with Gasteiger partial charge < -0.3 is 15.6 Å². The fourth-order valence-electron chi connectivity index (χ4n) is 1.35. The fourth-order valence-corrected chi connectivity index (χ4v) is 1.35. The van der Waals surface area contributed by atoms with Crippen LogP contribution in [0.5, 0.6) is 5.75 Å². The number of rotatable bonds is 2. The zero-order chi connectivity index (χ0) is 11.7. The van der Waals surface area contributed by atoms with Crippen molar-refractivity contribution in [2.75, 3.05) is 12.8 Å². The molecule has 0 unspecified atom stereocenters. The average Bonchev–Trinajstić information content (AvgIpc) is 2.28. The van der Waals surface area contributed by atoms with Gasteiger partial charge in [0.1, 0.15) is 11.6 Å². The molecule has 0 saturated carbocycles. The first-order valence-corrected chi connectivity index (χ1v) is 4.46. The highest BCUT2D eigenvalue weighted by Crippen LogP contribution is 2.23. The minimum Gasteiger partial charge on any atom is -0.497 e. The standard InChI is InChI=1S/C10H9N3O3/c1-16-5-2-3-7-6(4-5)8(11)13-9(12-7)10(14)15/h2-4H,1H3,(H,14,15)(H2,11,12,13). The number of fused-ring (bicyclic) bond motifs is 1. The molecule has 6 nitrogen and oxygen atoms in total. The number of nitrogen functional groups attached to an aromatic ring is 1. The van der Waals surface area contributed by atoms with Gasteiger partial charge in [0.05, 0.1) is 12.6 Å². The van der Waals surface area contributed by atoms with Gasteiger partial charge in [-0.15, -0.1) is 0 Å². The minimum absolute atomic E-state index is 0.126. The van der Waals surface area contributed by atoms with E-state index in [1.54, 1.807) is 18.2 Å². The molecule has 3 N–H and O–H groups in total. The van der Waals surface area contributed by atoms with Crippen molar-refractivity contribution in [3.8, 4) is 5.75 Å². The summed E-state index contributed by atoms with van der Waals surface area (Å²) >= 11 is 0. The smallest absolute Gasteiger partial charge is 0.374 e. The summed E-state index contributed by atoms with van der Waals surface area (Å²) in [4.78, 5) is 18.3. The molecule has 2 rings (SSSR count). The third-order valence-electron chi connectivity index (χ3n) is 2.12. The van der Waals surface area contributed by atoms with Crippen LogP contribution in [-0.4, -0.2) is 28.2 Å². The van der Waals surface area contributed by atoms with Gasteiger partial charge >= 0.3 is 5.97 Å². The van der Waals surface area contributed by atoms with Crippen molar-refractivity contribution in [3.63, 3.8) is 0 Å². The van der Waals surface area contributed by atoms with E-state index in [4.69, 9.17) is 15.6 Å². The summed E-state index contributed by atoms with van der Waals surface area (Å²) in [5.74, 6) is -0.772. The second-order valence-corrected chi connectivity index (χ2v) is 3.12. The summed E-state index contributed by atoms with van der Waals surface area (Å²) < 4.78 is 5.03. The van der Waals surface area contributed by atoms with E-state index >= 15 is 0 Å². The van der Waals surface area contributed by atoms with Crippen LogP contribution >= 0.6 is 0 Å². The van der Waals surface area contributed by atoms with Crippen molar-refractivity contribution in [1.29, 1.82) is 0 Å². The molecule has 0 radical (unpaired) electrons. The van der Waals surface area contributed by atoms with E-state index in [1.165, 1.54) is 7.11 Å². The maximum atomic E-state index is 10.7. The van der Waals surface area contributed by atoms with Gasteiger partial charge in [0.2, 0.25) is 5.82 Å². The quantitative estimate of drug-likeness (QED) is 0.779. The van der Waals surface area contributed by atoms with E-state index in [2.05, 4.69) is 9.97 Å². The third kappa shape index (κ3) is 1.60. The predicted octanol–water partition coefficient (Wildman–Crippen LogP) is 0.919.